The molecule has 3 nitrogen and oxygen atoms in total. The van der Waals surface area contributed by atoms with Crippen molar-refractivity contribution in [1.29, 1.82) is 5.26 Å². The predicted molar refractivity (Wildman–Crippen MR) is 43.0 cm³/mol. The van der Waals surface area contributed by atoms with E-state index in [0.29, 0.717) is 16.4 Å². The van der Waals surface area contributed by atoms with Gasteiger partial charge in [0, 0.05) is 6.20 Å². The summed E-state index contributed by atoms with van der Waals surface area (Å²) in [5, 5.41) is 8.82. The smallest absolute Gasteiger partial charge is 0.0795 e. The lowest BCUT2D eigenvalue weighted by molar-refractivity contribution is 1.12. The fourth-order valence-electron chi connectivity index (χ4n) is 0.706. The van der Waals surface area contributed by atoms with Crippen molar-refractivity contribution in [2.24, 2.45) is 0 Å². The first-order valence-electron chi connectivity index (χ1n) is 3.01. The Bertz CT molecular complexity index is 303. The Balaban J connectivity index is 3.01. The Hall–Kier alpha value is -1.27. The summed E-state index contributed by atoms with van der Waals surface area (Å²) in [7, 11) is 0. The van der Waals surface area contributed by atoms with Crippen LogP contribution < -0.4 is 5.73 Å². The van der Waals surface area contributed by atoms with Crippen LogP contribution in [0.15, 0.2) is 12.3 Å². The minimum Gasteiger partial charge on any atom is -0.397 e. The molecule has 0 amide bonds. The van der Waals surface area contributed by atoms with Gasteiger partial charge in [0.2, 0.25) is 0 Å². The first-order chi connectivity index (χ1) is 5.24. The van der Waals surface area contributed by atoms with Gasteiger partial charge in [0.15, 0.2) is 0 Å². The SMILES string of the molecule is N#CCc1ncc(Cl)cc1N. The second-order valence-corrected chi connectivity index (χ2v) is 2.46. The molecular formula is C7H6ClN3. The van der Waals surface area contributed by atoms with Crippen molar-refractivity contribution in [3.63, 3.8) is 0 Å². The topological polar surface area (TPSA) is 62.7 Å². The van der Waals surface area contributed by atoms with Crippen molar-refractivity contribution in [2.45, 2.75) is 6.42 Å². The summed E-state index contributed by atoms with van der Waals surface area (Å²) in [5.41, 5.74) is 6.56. The van der Waals surface area contributed by atoms with E-state index in [-0.39, 0.29) is 6.42 Å². The number of nitrogens with zero attached hydrogens (tertiary/aromatic N) is 2. The van der Waals surface area contributed by atoms with Crippen LogP contribution in [0.3, 0.4) is 0 Å². The van der Waals surface area contributed by atoms with Crippen LogP contribution in [-0.2, 0) is 6.42 Å². The number of nitrogen functional groups attached to an aromatic ring is 1. The van der Waals surface area contributed by atoms with Crippen molar-refractivity contribution in [3.05, 3.63) is 23.0 Å². The van der Waals surface area contributed by atoms with E-state index in [1.807, 2.05) is 6.07 Å². The van der Waals surface area contributed by atoms with Crippen LogP contribution in [0.5, 0.6) is 0 Å². The summed E-state index contributed by atoms with van der Waals surface area (Å²) >= 11 is 5.59. The lowest BCUT2D eigenvalue weighted by Gasteiger charge is -1.98. The van der Waals surface area contributed by atoms with Crippen LogP contribution in [0, 0.1) is 11.3 Å². The minimum absolute atomic E-state index is 0.225. The zero-order valence-corrected chi connectivity index (χ0v) is 6.47. The second-order valence-electron chi connectivity index (χ2n) is 2.02. The van der Waals surface area contributed by atoms with Gasteiger partial charge in [-0.05, 0) is 6.07 Å². The average Bonchev–Trinajstić information content (AvgIpc) is 1.95. The standard InChI is InChI=1S/C7H6ClN3/c8-5-3-6(10)7(1-2-9)11-4-5/h3-4H,1,10H2. The highest BCUT2D eigenvalue weighted by molar-refractivity contribution is 6.30. The zero-order chi connectivity index (χ0) is 8.27. The fraction of sp³-hybridized carbons (Fsp3) is 0.143. The van der Waals surface area contributed by atoms with Gasteiger partial charge in [0.05, 0.1) is 28.9 Å². The quantitative estimate of drug-likeness (QED) is 0.688. The molecule has 0 atom stereocenters. The van der Waals surface area contributed by atoms with Gasteiger partial charge < -0.3 is 5.73 Å². The third kappa shape index (κ3) is 1.82. The van der Waals surface area contributed by atoms with Crippen molar-refractivity contribution in [3.8, 4) is 6.07 Å². The molecule has 4 heteroatoms. The van der Waals surface area contributed by atoms with Crippen LogP contribution in [0.2, 0.25) is 5.02 Å². The van der Waals surface area contributed by atoms with Crippen LogP contribution >= 0.6 is 11.6 Å². The fourth-order valence-corrected chi connectivity index (χ4v) is 0.872. The van der Waals surface area contributed by atoms with E-state index in [1.165, 1.54) is 6.20 Å². The van der Waals surface area contributed by atoms with E-state index < -0.39 is 0 Å². The minimum atomic E-state index is 0.225. The Morgan fingerprint density at radius 3 is 3.00 bits per heavy atom. The number of nitriles is 1. The van der Waals surface area contributed by atoms with E-state index in [9.17, 15) is 0 Å². The Morgan fingerprint density at radius 1 is 1.73 bits per heavy atom. The third-order valence-electron chi connectivity index (χ3n) is 1.22. The molecule has 0 aliphatic heterocycles. The molecule has 11 heavy (non-hydrogen) atoms. The second kappa shape index (κ2) is 3.22. The van der Waals surface area contributed by atoms with Gasteiger partial charge in [0.1, 0.15) is 0 Å². The summed E-state index contributed by atoms with van der Waals surface area (Å²) < 4.78 is 0. The molecule has 1 heterocycles. The Labute approximate surface area is 69.4 Å². The van der Waals surface area contributed by atoms with Crippen molar-refractivity contribution in [1.82, 2.24) is 4.98 Å². The molecule has 0 radical (unpaired) electrons. The molecule has 0 unspecified atom stereocenters. The molecule has 0 spiro atoms. The van der Waals surface area contributed by atoms with Crippen LogP contribution in [0.25, 0.3) is 0 Å². The van der Waals surface area contributed by atoms with Crippen molar-refractivity contribution >= 4 is 17.3 Å². The third-order valence-corrected chi connectivity index (χ3v) is 1.42. The molecule has 56 valence electrons. The maximum absolute atomic E-state index is 8.33. The highest BCUT2D eigenvalue weighted by atomic mass is 35.5. The maximum Gasteiger partial charge on any atom is 0.0795 e. The summed E-state index contributed by atoms with van der Waals surface area (Å²) in [6.45, 7) is 0. The first-order valence-corrected chi connectivity index (χ1v) is 3.38. The monoisotopic (exact) mass is 167 g/mol. The lowest BCUT2D eigenvalue weighted by Crippen LogP contribution is -1.96. The molecule has 0 aliphatic carbocycles. The number of hydrogen-bond acceptors (Lipinski definition) is 3. The summed E-state index contributed by atoms with van der Waals surface area (Å²) in [6.07, 6.45) is 1.70. The molecule has 2 N–H and O–H groups in total. The molecule has 0 saturated heterocycles. The summed E-state index contributed by atoms with van der Waals surface area (Å²) in [4.78, 5) is 3.89. The summed E-state index contributed by atoms with van der Waals surface area (Å²) in [5.74, 6) is 0. The Morgan fingerprint density at radius 2 is 2.45 bits per heavy atom. The van der Waals surface area contributed by atoms with Gasteiger partial charge in [0.25, 0.3) is 0 Å². The molecule has 0 saturated carbocycles. The number of halogens is 1. The first kappa shape index (κ1) is 7.83. The predicted octanol–water partition coefficient (Wildman–Crippen LogP) is 1.38. The van der Waals surface area contributed by atoms with Crippen LogP contribution in [-0.4, -0.2) is 4.98 Å². The number of hydrogen-bond donors (Lipinski definition) is 1. The molecule has 0 aromatic carbocycles. The van der Waals surface area contributed by atoms with Gasteiger partial charge in [-0.3, -0.25) is 4.98 Å². The van der Waals surface area contributed by atoms with Gasteiger partial charge in [-0.25, -0.2) is 0 Å². The van der Waals surface area contributed by atoms with E-state index in [2.05, 4.69) is 4.98 Å². The lowest BCUT2D eigenvalue weighted by atomic mass is 10.2. The molecule has 1 rings (SSSR count). The Kier molecular flexibility index (Phi) is 2.29. The van der Waals surface area contributed by atoms with E-state index in [4.69, 9.17) is 22.6 Å². The number of anilines is 1. The van der Waals surface area contributed by atoms with Crippen molar-refractivity contribution < 1.29 is 0 Å². The summed E-state index contributed by atoms with van der Waals surface area (Å²) in [6, 6.07) is 3.54. The molecular weight excluding hydrogens is 162 g/mol. The van der Waals surface area contributed by atoms with Crippen molar-refractivity contribution in [2.75, 3.05) is 5.73 Å². The van der Waals surface area contributed by atoms with Crippen LogP contribution in [0.1, 0.15) is 5.69 Å². The average molecular weight is 168 g/mol. The molecule has 0 bridgehead atoms. The highest BCUT2D eigenvalue weighted by Crippen LogP contribution is 2.14. The number of pyridine rings is 1. The van der Waals surface area contributed by atoms with Crippen LogP contribution in [0.4, 0.5) is 5.69 Å². The van der Waals surface area contributed by atoms with Gasteiger partial charge in [-0.2, -0.15) is 5.26 Å². The van der Waals surface area contributed by atoms with E-state index in [0.717, 1.165) is 0 Å². The molecule has 1 aromatic rings. The van der Waals surface area contributed by atoms with Gasteiger partial charge in [-0.15, -0.1) is 0 Å². The largest absolute Gasteiger partial charge is 0.397 e. The molecule has 0 aliphatic rings. The highest BCUT2D eigenvalue weighted by Gasteiger charge is 1.99. The number of aromatic nitrogens is 1. The zero-order valence-electron chi connectivity index (χ0n) is 5.71. The van der Waals surface area contributed by atoms with Gasteiger partial charge in [-0.1, -0.05) is 11.6 Å². The molecule has 0 fully saturated rings. The molecule has 1 aromatic heterocycles. The van der Waals surface area contributed by atoms with E-state index >= 15 is 0 Å². The van der Waals surface area contributed by atoms with Gasteiger partial charge >= 0.3 is 0 Å². The normalized spacial score (nSPS) is 9.09. The number of rotatable bonds is 1. The maximum atomic E-state index is 8.33. The number of nitrogens with two attached hydrogens (primary N) is 1. The van der Waals surface area contributed by atoms with E-state index in [1.54, 1.807) is 6.07 Å².